The molecule has 3 aromatic rings. The Bertz CT molecular complexity index is 1150. The third-order valence-corrected chi connectivity index (χ3v) is 6.10. The molecule has 1 aliphatic rings. The molecular weight excluding hydrogens is 452 g/mol. The van der Waals surface area contributed by atoms with Gasteiger partial charge in [-0.3, -0.25) is 10.1 Å². The van der Waals surface area contributed by atoms with Crippen molar-refractivity contribution in [3.8, 4) is 0 Å². The highest BCUT2D eigenvalue weighted by Crippen LogP contribution is 2.19. The van der Waals surface area contributed by atoms with E-state index in [4.69, 9.17) is 0 Å². The second kappa shape index (κ2) is 12.3. The lowest BCUT2D eigenvalue weighted by Crippen LogP contribution is -2.53. The van der Waals surface area contributed by atoms with Gasteiger partial charge in [0.1, 0.15) is 0 Å². The van der Waals surface area contributed by atoms with Crippen LogP contribution in [0.1, 0.15) is 41.0 Å². The van der Waals surface area contributed by atoms with Crippen molar-refractivity contribution >= 4 is 17.8 Å². The number of hydrogen-bond donors (Lipinski definition) is 3. The fraction of sp³-hybridized carbons (Fsp3) is 0.357. The van der Waals surface area contributed by atoms with E-state index in [9.17, 15) is 9.59 Å². The van der Waals surface area contributed by atoms with Gasteiger partial charge >= 0.3 is 6.03 Å². The Kier molecular flexibility index (Phi) is 8.62. The van der Waals surface area contributed by atoms with Gasteiger partial charge in [-0.05, 0) is 29.5 Å². The molecule has 36 heavy (non-hydrogen) atoms. The maximum atomic E-state index is 13.4. The molecule has 0 bridgehead atoms. The van der Waals surface area contributed by atoms with Gasteiger partial charge in [0.25, 0.3) is 5.91 Å². The average molecular weight is 487 g/mol. The second-order valence-electron chi connectivity index (χ2n) is 9.59. The van der Waals surface area contributed by atoms with Crippen LogP contribution in [0.15, 0.2) is 66.7 Å². The summed E-state index contributed by atoms with van der Waals surface area (Å²) in [6.07, 6.45) is 1.37. The Hall–Kier alpha value is -3.78. The summed E-state index contributed by atoms with van der Waals surface area (Å²) >= 11 is 0. The van der Waals surface area contributed by atoms with Gasteiger partial charge in [0, 0.05) is 44.2 Å². The Morgan fingerprint density at radius 3 is 2.42 bits per heavy atom. The number of piperazine rings is 1. The number of benzene rings is 2. The van der Waals surface area contributed by atoms with Gasteiger partial charge in [-0.15, -0.1) is 10.2 Å². The van der Waals surface area contributed by atoms with Crippen LogP contribution in [0.25, 0.3) is 0 Å². The molecule has 4 rings (SSSR count). The van der Waals surface area contributed by atoms with E-state index in [1.54, 1.807) is 6.07 Å². The molecule has 0 saturated carbocycles. The van der Waals surface area contributed by atoms with Crippen molar-refractivity contribution < 1.29 is 9.59 Å². The minimum absolute atomic E-state index is 0.146. The molecule has 8 nitrogen and oxygen atoms in total. The van der Waals surface area contributed by atoms with E-state index in [1.165, 1.54) is 5.56 Å². The molecule has 0 radical (unpaired) electrons. The van der Waals surface area contributed by atoms with E-state index < -0.39 is 0 Å². The van der Waals surface area contributed by atoms with Crippen LogP contribution in [0.4, 0.5) is 10.6 Å². The summed E-state index contributed by atoms with van der Waals surface area (Å²) in [5.41, 5.74) is 3.32. The summed E-state index contributed by atoms with van der Waals surface area (Å²) in [6.45, 7) is 6.54. The van der Waals surface area contributed by atoms with Gasteiger partial charge < -0.3 is 15.5 Å². The van der Waals surface area contributed by atoms with E-state index in [1.807, 2.05) is 67.3 Å². The molecule has 0 unspecified atom stereocenters. The van der Waals surface area contributed by atoms with Crippen molar-refractivity contribution in [2.75, 3.05) is 31.5 Å². The Balaban J connectivity index is 1.50. The lowest BCUT2D eigenvalue weighted by atomic mass is 10.0. The van der Waals surface area contributed by atoms with Crippen molar-refractivity contribution in [3.63, 3.8) is 0 Å². The Morgan fingerprint density at radius 1 is 1.03 bits per heavy atom. The summed E-state index contributed by atoms with van der Waals surface area (Å²) in [5, 5.41) is 17.6. The third-order valence-electron chi connectivity index (χ3n) is 6.10. The maximum absolute atomic E-state index is 13.4. The Labute approximate surface area is 212 Å². The average Bonchev–Trinajstić information content (AvgIpc) is 2.89. The summed E-state index contributed by atoms with van der Waals surface area (Å²) in [7, 11) is 0. The topological polar surface area (TPSA) is 99.2 Å². The van der Waals surface area contributed by atoms with Crippen molar-refractivity contribution in [2.24, 2.45) is 5.92 Å². The van der Waals surface area contributed by atoms with E-state index >= 15 is 0 Å². The third kappa shape index (κ3) is 7.11. The Morgan fingerprint density at radius 2 is 1.72 bits per heavy atom. The molecular formula is C28H34N6O2. The van der Waals surface area contributed by atoms with Gasteiger partial charge in [-0.25, -0.2) is 4.79 Å². The first-order chi connectivity index (χ1) is 17.5. The van der Waals surface area contributed by atoms with Crippen LogP contribution in [0.3, 0.4) is 0 Å². The van der Waals surface area contributed by atoms with Crippen LogP contribution in [-0.2, 0) is 12.8 Å². The second-order valence-corrected chi connectivity index (χ2v) is 9.59. The number of hydrogen-bond acceptors (Lipinski definition) is 5. The molecule has 2 heterocycles. The van der Waals surface area contributed by atoms with Crippen LogP contribution in [0, 0.1) is 5.92 Å². The van der Waals surface area contributed by atoms with Crippen molar-refractivity contribution in [1.29, 1.82) is 0 Å². The zero-order valence-corrected chi connectivity index (χ0v) is 20.9. The molecule has 3 N–H and O–H groups in total. The van der Waals surface area contributed by atoms with Gasteiger partial charge in [0.15, 0.2) is 11.5 Å². The van der Waals surface area contributed by atoms with Crippen LogP contribution in [0.5, 0.6) is 0 Å². The predicted molar refractivity (Wildman–Crippen MR) is 141 cm³/mol. The molecule has 1 aliphatic heterocycles. The monoisotopic (exact) mass is 486 g/mol. The number of carbonyl (C=O) groups is 2. The zero-order chi connectivity index (χ0) is 25.3. The number of aromatic nitrogens is 2. The number of rotatable bonds is 8. The number of amides is 3. The first-order valence-corrected chi connectivity index (χ1v) is 12.5. The van der Waals surface area contributed by atoms with E-state index in [2.05, 4.69) is 38.3 Å². The van der Waals surface area contributed by atoms with Crippen LogP contribution >= 0.6 is 0 Å². The normalized spacial score (nSPS) is 15.5. The summed E-state index contributed by atoms with van der Waals surface area (Å²) in [5.74, 6) is 0.543. The number of urea groups is 1. The minimum Gasteiger partial charge on any atom is -0.338 e. The van der Waals surface area contributed by atoms with Gasteiger partial charge in [0.2, 0.25) is 0 Å². The first kappa shape index (κ1) is 25.3. The smallest absolute Gasteiger partial charge is 0.320 e. The number of anilines is 1. The maximum Gasteiger partial charge on any atom is 0.320 e. The highest BCUT2D eigenvalue weighted by atomic mass is 16.2. The highest BCUT2D eigenvalue weighted by molar-refractivity contribution is 5.93. The number of nitrogens with zero attached hydrogens (tertiary/aromatic N) is 3. The standard InChI is InChI=1S/C28H34N6O2/c1-20(2)18-30-28(36)31-26-23(15-21-9-5-3-6-10-21)17-25(32-33-26)27(35)34-14-13-29-24(19-34)16-22-11-7-4-8-12-22/h3-12,17,20,24,29H,13-16,18-19H2,1-2H3,(H2,30,31,33,36)/t24-/m0/s1. The largest absolute Gasteiger partial charge is 0.338 e. The number of carbonyl (C=O) groups excluding carboxylic acids is 2. The van der Waals surface area contributed by atoms with Gasteiger partial charge in [0.05, 0.1) is 0 Å². The quantitative estimate of drug-likeness (QED) is 0.453. The highest BCUT2D eigenvalue weighted by Gasteiger charge is 2.26. The van der Waals surface area contributed by atoms with Crippen LogP contribution in [0.2, 0.25) is 0 Å². The van der Waals surface area contributed by atoms with Crippen LogP contribution in [-0.4, -0.2) is 59.3 Å². The molecule has 1 fully saturated rings. The van der Waals surface area contributed by atoms with Crippen molar-refractivity contribution in [3.05, 3.63) is 89.1 Å². The molecule has 3 amide bonds. The van der Waals surface area contributed by atoms with E-state index in [-0.39, 0.29) is 23.7 Å². The molecule has 188 valence electrons. The summed E-state index contributed by atoms with van der Waals surface area (Å²) in [4.78, 5) is 27.6. The lowest BCUT2D eigenvalue weighted by Gasteiger charge is -2.33. The van der Waals surface area contributed by atoms with E-state index in [0.717, 1.165) is 24.1 Å². The minimum atomic E-state index is -0.336. The lowest BCUT2D eigenvalue weighted by molar-refractivity contribution is 0.0695. The fourth-order valence-electron chi connectivity index (χ4n) is 4.25. The molecule has 1 saturated heterocycles. The summed E-state index contributed by atoms with van der Waals surface area (Å²) in [6, 6.07) is 21.8. The number of nitrogens with one attached hydrogen (secondary N) is 3. The molecule has 0 aliphatic carbocycles. The zero-order valence-electron chi connectivity index (χ0n) is 20.9. The predicted octanol–water partition coefficient (Wildman–Crippen LogP) is 3.50. The SMILES string of the molecule is CC(C)CNC(=O)Nc1nnc(C(=O)N2CCN[C@@H](Cc3ccccc3)C2)cc1Cc1ccccc1. The first-order valence-electron chi connectivity index (χ1n) is 12.5. The van der Waals surface area contributed by atoms with E-state index in [0.29, 0.717) is 37.8 Å². The van der Waals surface area contributed by atoms with Crippen molar-refractivity contribution in [2.45, 2.75) is 32.7 Å². The van der Waals surface area contributed by atoms with Crippen molar-refractivity contribution in [1.82, 2.24) is 25.7 Å². The molecule has 1 atom stereocenters. The molecule has 1 aromatic heterocycles. The molecule has 8 heteroatoms. The van der Waals surface area contributed by atoms with Crippen LogP contribution < -0.4 is 16.0 Å². The summed E-state index contributed by atoms with van der Waals surface area (Å²) < 4.78 is 0. The molecule has 2 aromatic carbocycles. The fourth-order valence-corrected chi connectivity index (χ4v) is 4.25. The van der Waals surface area contributed by atoms with Gasteiger partial charge in [-0.1, -0.05) is 74.5 Å². The molecule has 0 spiro atoms. The van der Waals surface area contributed by atoms with Gasteiger partial charge in [-0.2, -0.15) is 0 Å².